The highest BCUT2D eigenvalue weighted by Crippen LogP contribution is 2.30. The highest BCUT2D eigenvalue weighted by molar-refractivity contribution is 7.89. The van der Waals surface area contributed by atoms with Crippen LogP contribution in [0, 0.1) is 0 Å². The second-order valence-corrected chi connectivity index (χ2v) is 10.3. The van der Waals surface area contributed by atoms with Crippen LogP contribution >= 0.6 is 0 Å². The number of anilines is 1. The molecule has 174 valence electrons. The van der Waals surface area contributed by atoms with Crippen LogP contribution < -0.4 is 15.4 Å². The van der Waals surface area contributed by atoms with Crippen LogP contribution in [0.2, 0.25) is 0 Å². The molecule has 0 aliphatic carbocycles. The van der Waals surface area contributed by atoms with Crippen LogP contribution in [0.3, 0.4) is 0 Å². The molecule has 0 saturated carbocycles. The van der Waals surface area contributed by atoms with Crippen molar-refractivity contribution in [1.29, 1.82) is 0 Å². The average molecular weight is 460 g/mol. The normalized spacial score (nSPS) is 15.9. The Labute approximate surface area is 191 Å². The number of carbonyl (C=O) groups excluding carboxylic acids is 1. The lowest BCUT2D eigenvalue weighted by Gasteiger charge is -2.26. The summed E-state index contributed by atoms with van der Waals surface area (Å²) in [5.74, 6) is 0.322. The van der Waals surface area contributed by atoms with E-state index >= 15 is 0 Å². The summed E-state index contributed by atoms with van der Waals surface area (Å²) in [4.78, 5) is 12.7. The number of nitrogens with zero attached hydrogens (tertiary/aromatic N) is 1. The van der Waals surface area contributed by atoms with Gasteiger partial charge in [-0.3, -0.25) is 4.79 Å². The Morgan fingerprint density at radius 3 is 2.38 bits per heavy atom. The van der Waals surface area contributed by atoms with Crippen molar-refractivity contribution in [3.63, 3.8) is 0 Å². The standard InChI is InChI=1S/C24H33N3O4S/c1-18(2)31-23-13-12-21(32(29,30)27-14-8-5-9-15-27)16-22(23)25-17-24(28)26-19(3)20-10-6-4-7-11-20/h4,6-7,10-13,16,18-19,25H,5,8-9,14-15,17H2,1-3H3,(H,26,28)/t19-/m0/s1. The van der Waals surface area contributed by atoms with Gasteiger partial charge in [-0.25, -0.2) is 8.42 Å². The maximum atomic E-state index is 13.1. The van der Waals surface area contributed by atoms with E-state index in [-0.39, 0.29) is 29.5 Å². The fraction of sp³-hybridized carbons (Fsp3) is 0.458. The van der Waals surface area contributed by atoms with E-state index < -0.39 is 10.0 Å². The first-order chi connectivity index (χ1) is 15.3. The zero-order valence-corrected chi connectivity index (χ0v) is 19.8. The number of piperidine rings is 1. The predicted molar refractivity (Wildman–Crippen MR) is 126 cm³/mol. The quantitative estimate of drug-likeness (QED) is 0.593. The predicted octanol–water partition coefficient (Wildman–Crippen LogP) is 3.94. The Hall–Kier alpha value is -2.58. The largest absolute Gasteiger partial charge is 0.489 e. The highest BCUT2D eigenvalue weighted by Gasteiger charge is 2.27. The third kappa shape index (κ3) is 6.23. The Bertz CT molecular complexity index is 1000. The molecule has 1 amide bonds. The van der Waals surface area contributed by atoms with E-state index in [1.807, 2.05) is 51.1 Å². The molecule has 0 radical (unpaired) electrons. The van der Waals surface area contributed by atoms with E-state index in [0.717, 1.165) is 24.8 Å². The van der Waals surface area contributed by atoms with Crippen LogP contribution in [0.15, 0.2) is 53.4 Å². The molecule has 0 spiro atoms. The van der Waals surface area contributed by atoms with Crippen molar-refractivity contribution in [3.8, 4) is 5.75 Å². The Kier molecular flexibility index (Phi) is 8.15. The number of amides is 1. The second kappa shape index (κ2) is 10.8. The lowest BCUT2D eigenvalue weighted by molar-refractivity contribution is -0.120. The van der Waals surface area contributed by atoms with E-state index in [4.69, 9.17) is 4.74 Å². The number of ether oxygens (including phenoxy) is 1. The molecule has 1 atom stereocenters. The molecule has 7 nitrogen and oxygen atoms in total. The highest BCUT2D eigenvalue weighted by atomic mass is 32.2. The zero-order chi connectivity index (χ0) is 23.1. The minimum atomic E-state index is -3.59. The van der Waals surface area contributed by atoms with Crippen LogP contribution in [0.5, 0.6) is 5.75 Å². The summed E-state index contributed by atoms with van der Waals surface area (Å²) in [5, 5.41) is 6.03. The first-order valence-corrected chi connectivity index (χ1v) is 12.6. The summed E-state index contributed by atoms with van der Waals surface area (Å²) in [6, 6.07) is 14.4. The molecule has 1 saturated heterocycles. The van der Waals surface area contributed by atoms with Gasteiger partial charge in [-0.15, -0.1) is 0 Å². The average Bonchev–Trinajstić information content (AvgIpc) is 2.79. The molecule has 2 N–H and O–H groups in total. The first-order valence-electron chi connectivity index (χ1n) is 11.2. The van der Waals surface area contributed by atoms with E-state index in [1.54, 1.807) is 18.2 Å². The van der Waals surface area contributed by atoms with Gasteiger partial charge in [-0.1, -0.05) is 36.8 Å². The van der Waals surface area contributed by atoms with E-state index in [1.165, 1.54) is 4.31 Å². The van der Waals surface area contributed by atoms with Crippen molar-refractivity contribution in [1.82, 2.24) is 9.62 Å². The van der Waals surface area contributed by atoms with Crippen LogP contribution in [-0.2, 0) is 14.8 Å². The molecule has 1 aliphatic heterocycles. The Balaban J connectivity index is 1.74. The lowest BCUT2D eigenvalue weighted by atomic mass is 10.1. The number of hydrogen-bond acceptors (Lipinski definition) is 5. The summed E-state index contributed by atoms with van der Waals surface area (Å²) in [7, 11) is -3.59. The van der Waals surface area contributed by atoms with Gasteiger partial charge < -0.3 is 15.4 Å². The fourth-order valence-corrected chi connectivity index (χ4v) is 5.26. The summed E-state index contributed by atoms with van der Waals surface area (Å²) >= 11 is 0. The Morgan fingerprint density at radius 2 is 1.72 bits per heavy atom. The minimum absolute atomic E-state index is 0.00115. The van der Waals surface area contributed by atoms with Crippen LogP contribution in [0.1, 0.15) is 51.6 Å². The van der Waals surface area contributed by atoms with Crippen molar-refractivity contribution < 1.29 is 17.9 Å². The molecule has 0 bridgehead atoms. The van der Waals surface area contributed by atoms with Crippen LogP contribution in [0.4, 0.5) is 5.69 Å². The lowest BCUT2D eigenvalue weighted by Crippen LogP contribution is -2.35. The fourth-order valence-electron chi connectivity index (χ4n) is 3.71. The molecule has 1 aliphatic rings. The number of rotatable bonds is 9. The van der Waals surface area contributed by atoms with E-state index in [2.05, 4.69) is 10.6 Å². The summed E-state index contributed by atoms with van der Waals surface area (Å²) < 4.78 is 33.6. The summed E-state index contributed by atoms with van der Waals surface area (Å²) in [6.07, 6.45) is 2.71. The topological polar surface area (TPSA) is 87.7 Å². The number of sulfonamides is 1. The van der Waals surface area contributed by atoms with Crippen molar-refractivity contribution in [2.24, 2.45) is 0 Å². The number of nitrogens with one attached hydrogen (secondary N) is 2. The van der Waals surface area contributed by atoms with Gasteiger partial charge in [-0.2, -0.15) is 4.31 Å². The van der Waals surface area contributed by atoms with Gasteiger partial charge in [0.05, 0.1) is 29.3 Å². The van der Waals surface area contributed by atoms with Gasteiger partial charge in [0.1, 0.15) is 5.75 Å². The molecular weight excluding hydrogens is 426 g/mol. The third-order valence-electron chi connectivity index (χ3n) is 5.38. The van der Waals surface area contributed by atoms with Gasteiger partial charge in [0.15, 0.2) is 0 Å². The van der Waals surface area contributed by atoms with Crippen molar-refractivity contribution in [2.75, 3.05) is 25.0 Å². The molecule has 32 heavy (non-hydrogen) atoms. The maximum Gasteiger partial charge on any atom is 0.243 e. The molecule has 3 rings (SSSR count). The molecule has 2 aromatic rings. The Morgan fingerprint density at radius 1 is 1.03 bits per heavy atom. The van der Waals surface area contributed by atoms with Crippen molar-refractivity contribution in [3.05, 3.63) is 54.1 Å². The van der Waals surface area contributed by atoms with Gasteiger partial charge in [0.25, 0.3) is 0 Å². The monoisotopic (exact) mass is 459 g/mol. The second-order valence-electron chi connectivity index (χ2n) is 8.34. The first kappa shape index (κ1) is 24.1. The molecule has 8 heteroatoms. The molecule has 1 heterocycles. The van der Waals surface area contributed by atoms with Gasteiger partial charge in [0, 0.05) is 13.1 Å². The molecular formula is C24H33N3O4S. The van der Waals surface area contributed by atoms with Crippen LogP contribution in [-0.4, -0.2) is 44.4 Å². The molecule has 1 fully saturated rings. The SMILES string of the molecule is CC(C)Oc1ccc(S(=O)(=O)N2CCCCC2)cc1NCC(=O)N[C@@H](C)c1ccccc1. The zero-order valence-electron chi connectivity index (χ0n) is 19.0. The maximum absolute atomic E-state index is 13.1. The molecule has 0 unspecified atom stereocenters. The van der Waals surface area contributed by atoms with Crippen molar-refractivity contribution in [2.45, 2.75) is 57.1 Å². The van der Waals surface area contributed by atoms with Gasteiger partial charge in [-0.05, 0) is 57.4 Å². The number of hydrogen-bond donors (Lipinski definition) is 2. The van der Waals surface area contributed by atoms with E-state index in [0.29, 0.717) is 24.5 Å². The van der Waals surface area contributed by atoms with Crippen molar-refractivity contribution >= 4 is 21.6 Å². The van der Waals surface area contributed by atoms with Gasteiger partial charge in [0.2, 0.25) is 15.9 Å². The molecule has 0 aromatic heterocycles. The smallest absolute Gasteiger partial charge is 0.243 e. The summed E-state index contributed by atoms with van der Waals surface area (Å²) in [6.45, 7) is 6.79. The number of carbonyl (C=O) groups is 1. The molecule has 2 aromatic carbocycles. The number of benzene rings is 2. The third-order valence-corrected chi connectivity index (χ3v) is 7.28. The van der Waals surface area contributed by atoms with E-state index in [9.17, 15) is 13.2 Å². The van der Waals surface area contributed by atoms with Gasteiger partial charge >= 0.3 is 0 Å². The summed E-state index contributed by atoms with van der Waals surface area (Å²) in [5.41, 5.74) is 1.50. The van der Waals surface area contributed by atoms with Crippen LogP contribution in [0.25, 0.3) is 0 Å². The minimum Gasteiger partial charge on any atom is -0.489 e.